The zero-order valence-corrected chi connectivity index (χ0v) is 24.9. The molecule has 4 heterocycles. The van der Waals surface area contributed by atoms with E-state index in [9.17, 15) is 0 Å². The lowest BCUT2D eigenvalue weighted by Crippen LogP contribution is -2.08. The van der Waals surface area contributed by atoms with Crippen LogP contribution in [0.3, 0.4) is 0 Å². The summed E-state index contributed by atoms with van der Waals surface area (Å²) in [5.41, 5.74) is 7.76. The van der Waals surface area contributed by atoms with Crippen LogP contribution in [0.5, 0.6) is 0 Å². The summed E-state index contributed by atoms with van der Waals surface area (Å²) in [7, 11) is 0. The molecule has 1 aliphatic rings. The van der Waals surface area contributed by atoms with Gasteiger partial charge >= 0.3 is 0 Å². The van der Waals surface area contributed by atoms with Crippen LogP contribution in [-0.2, 0) is 0 Å². The van der Waals surface area contributed by atoms with Crippen molar-refractivity contribution in [3.63, 3.8) is 0 Å². The zero-order valence-electron chi connectivity index (χ0n) is 24.9. The summed E-state index contributed by atoms with van der Waals surface area (Å²) in [5, 5.41) is 7.31. The molecule has 0 amide bonds. The Morgan fingerprint density at radius 1 is 0.500 bits per heavy atom. The third kappa shape index (κ3) is 3.60. The van der Waals surface area contributed by atoms with Crippen molar-refractivity contribution >= 4 is 65.5 Å². The van der Waals surface area contributed by atoms with E-state index in [1.165, 1.54) is 48.9 Å². The molecule has 0 atom stereocenters. The fourth-order valence-electron chi connectivity index (χ4n) is 7.35. The lowest BCUT2D eigenvalue weighted by Gasteiger charge is -2.13. The summed E-state index contributed by atoms with van der Waals surface area (Å²) in [6.45, 7) is 0. The highest BCUT2D eigenvalue weighted by Gasteiger charge is 2.22. The first-order valence-corrected chi connectivity index (χ1v) is 15.8. The quantitative estimate of drug-likeness (QED) is 0.193. The summed E-state index contributed by atoms with van der Waals surface area (Å²) < 4.78 is 4.64. The lowest BCUT2D eigenvalue weighted by atomic mass is 9.99. The van der Waals surface area contributed by atoms with Crippen molar-refractivity contribution in [2.45, 2.75) is 12.8 Å². The minimum atomic E-state index is 0.619. The number of allylic oxidation sites excluding steroid dienone is 4. The second-order valence-electron chi connectivity index (χ2n) is 12.0. The van der Waals surface area contributed by atoms with Gasteiger partial charge in [-0.1, -0.05) is 109 Å². The molecule has 0 bridgehead atoms. The van der Waals surface area contributed by atoms with Gasteiger partial charge in [-0.05, 0) is 43.2 Å². The number of nitrogens with zero attached hydrogens (tertiary/aromatic N) is 5. The molecule has 1 aliphatic carbocycles. The average Bonchev–Trinajstić information content (AvgIpc) is 3.69. The Kier molecular flexibility index (Phi) is 5.34. The maximum absolute atomic E-state index is 5.16. The molecule has 5 nitrogen and oxygen atoms in total. The smallest absolute Gasteiger partial charge is 0.238 e. The van der Waals surface area contributed by atoms with Gasteiger partial charge < -0.3 is 4.40 Å². The summed E-state index contributed by atoms with van der Waals surface area (Å²) in [6.07, 6.45) is 8.57. The molecule has 0 saturated carbocycles. The minimum Gasteiger partial charge on any atom is -0.309 e. The summed E-state index contributed by atoms with van der Waals surface area (Å²) >= 11 is 0. The number of aromatic nitrogens is 5. The molecule has 0 unspecified atom stereocenters. The Balaban J connectivity index is 1.36. The van der Waals surface area contributed by atoms with Crippen molar-refractivity contribution in [2.24, 2.45) is 0 Å². The van der Waals surface area contributed by atoms with Crippen LogP contribution in [0.1, 0.15) is 18.7 Å². The zero-order chi connectivity index (χ0) is 30.2. The Hall–Kier alpha value is -6.07. The van der Waals surface area contributed by atoms with Crippen LogP contribution < -0.4 is 0 Å². The molecule has 46 heavy (non-hydrogen) atoms. The highest BCUT2D eigenvalue weighted by molar-refractivity contribution is 6.31. The van der Waals surface area contributed by atoms with Crippen LogP contribution in [0.15, 0.2) is 140 Å². The van der Waals surface area contributed by atoms with Gasteiger partial charge in [-0.25, -0.2) is 4.98 Å². The first-order chi connectivity index (χ1) is 22.8. The first kappa shape index (κ1) is 25.3. The number of hydrogen-bond acceptors (Lipinski definition) is 3. The van der Waals surface area contributed by atoms with E-state index in [1.807, 2.05) is 18.2 Å². The van der Waals surface area contributed by atoms with Crippen molar-refractivity contribution in [1.82, 2.24) is 23.9 Å². The molecular weight excluding hydrogens is 562 g/mol. The van der Waals surface area contributed by atoms with Crippen molar-refractivity contribution in [1.29, 1.82) is 0 Å². The summed E-state index contributed by atoms with van der Waals surface area (Å²) in [5.74, 6) is 1.98. The van der Waals surface area contributed by atoms with Gasteiger partial charge in [-0.15, -0.1) is 0 Å². The van der Waals surface area contributed by atoms with Crippen LogP contribution in [0.25, 0.3) is 82.8 Å². The highest BCUT2D eigenvalue weighted by atomic mass is 15.2. The fraction of sp³-hybridized carbons (Fsp3) is 0.0488. The van der Waals surface area contributed by atoms with E-state index >= 15 is 0 Å². The van der Waals surface area contributed by atoms with E-state index < -0.39 is 0 Å². The molecule has 0 fully saturated rings. The van der Waals surface area contributed by atoms with Gasteiger partial charge in [0, 0.05) is 43.5 Å². The van der Waals surface area contributed by atoms with Gasteiger partial charge in [0.2, 0.25) is 5.95 Å². The molecule has 216 valence electrons. The number of hydrogen-bond donors (Lipinski definition) is 0. The number of para-hydroxylation sites is 3. The second-order valence-corrected chi connectivity index (χ2v) is 12.0. The Morgan fingerprint density at radius 3 is 2.02 bits per heavy atom. The fourth-order valence-corrected chi connectivity index (χ4v) is 7.35. The third-order valence-corrected chi connectivity index (χ3v) is 9.35. The maximum atomic E-state index is 5.16. The standard InChI is InChI=1S/C41H27N5/c1-3-13-26(14-4-1)39-42-40(27-15-5-2-6-16-27)44-41(43-39)46-34-22-12-9-19-30(34)38-35(46)24-23-31-36-25-28-17-7-10-20-32(28)45(36)33-21-11-8-18-29(33)37(31)38/h1,3-5,7-25H,2,6H2. The second kappa shape index (κ2) is 9.71. The molecule has 0 spiro atoms. The van der Waals surface area contributed by atoms with Crippen molar-refractivity contribution in [3.8, 4) is 17.3 Å². The normalized spacial score (nSPS) is 13.5. The van der Waals surface area contributed by atoms with E-state index in [1.54, 1.807) is 0 Å². The number of fused-ring (bicyclic) bond motifs is 12. The minimum absolute atomic E-state index is 0.619. The van der Waals surface area contributed by atoms with E-state index in [4.69, 9.17) is 15.0 Å². The molecule has 0 radical (unpaired) electrons. The Morgan fingerprint density at radius 2 is 1.20 bits per heavy atom. The van der Waals surface area contributed by atoms with E-state index in [2.05, 4.69) is 130 Å². The van der Waals surface area contributed by atoms with E-state index in [0.717, 1.165) is 35.0 Å². The first-order valence-electron chi connectivity index (χ1n) is 15.8. The molecule has 0 saturated heterocycles. The van der Waals surface area contributed by atoms with Crippen LogP contribution in [0.4, 0.5) is 0 Å². The van der Waals surface area contributed by atoms with Gasteiger partial charge in [-0.3, -0.25) is 4.57 Å². The van der Waals surface area contributed by atoms with Gasteiger partial charge in [0.25, 0.3) is 0 Å². The van der Waals surface area contributed by atoms with Crippen LogP contribution in [0, 0.1) is 0 Å². The average molecular weight is 590 g/mol. The van der Waals surface area contributed by atoms with E-state index in [-0.39, 0.29) is 0 Å². The number of rotatable bonds is 3. The van der Waals surface area contributed by atoms with Crippen molar-refractivity contribution in [2.75, 3.05) is 0 Å². The largest absolute Gasteiger partial charge is 0.309 e. The van der Waals surface area contributed by atoms with E-state index in [0.29, 0.717) is 17.6 Å². The Labute approximate surface area is 264 Å². The SMILES string of the molecule is C1=CC(c2nc(-c3ccccc3)nc(-n3c4ccccc4c4c5c6ccccc6n6c7ccccc7cc6c5ccc43)n2)=CCC1. The summed E-state index contributed by atoms with van der Waals surface area (Å²) in [4.78, 5) is 15.3. The van der Waals surface area contributed by atoms with Gasteiger partial charge in [0.15, 0.2) is 11.6 Å². The van der Waals surface area contributed by atoms with Crippen LogP contribution in [0.2, 0.25) is 0 Å². The third-order valence-electron chi connectivity index (χ3n) is 9.35. The van der Waals surface area contributed by atoms with Gasteiger partial charge in [-0.2, -0.15) is 9.97 Å². The van der Waals surface area contributed by atoms with Gasteiger partial charge in [0.1, 0.15) is 0 Å². The molecule has 5 aromatic carbocycles. The lowest BCUT2D eigenvalue weighted by molar-refractivity contribution is 0.928. The monoisotopic (exact) mass is 589 g/mol. The molecule has 4 aromatic heterocycles. The predicted molar refractivity (Wildman–Crippen MR) is 189 cm³/mol. The van der Waals surface area contributed by atoms with Crippen LogP contribution in [-0.4, -0.2) is 23.9 Å². The highest BCUT2D eigenvalue weighted by Crippen LogP contribution is 2.42. The number of benzene rings is 5. The summed E-state index contributed by atoms with van der Waals surface area (Å²) in [6, 6.07) is 43.1. The van der Waals surface area contributed by atoms with Crippen molar-refractivity contribution < 1.29 is 0 Å². The van der Waals surface area contributed by atoms with Crippen LogP contribution >= 0.6 is 0 Å². The molecule has 0 aliphatic heterocycles. The Bertz CT molecular complexity index is 2740. The molecular formula is C41H27N5. The molecule has 10 rings (SSSR count). The molecule has 5 heteroatoms. The van der Waals surface area contributed by atoms with Crippen molar-refractivity contribution in [3.05, 3.63) is 145 Å². The van der Waals surface area contributed by atoms with Gasteiger partial charge in [0.05, 0.1) is 27.6 Å². The molecule has 0 N–H and O–H groups in total. The number of pyridine rings is 1. The molecule has 9 aromatic rings. The predicted octanol–water partition coefficient (Wildman–Crippen LogP) is 10.1. The topological polar surface area (TPSA) is 48.0 Å². The maximum Gasteiger partial charge on any atom is 0.238 e.